The van der Waals surface area contributed by atoms with Gasteiger partial charge >= 0.3 is 0 Å². The third-order valence-electron chi connectivity index (χ3n) is 2.89. The predicted octanol–water partition coefficient (Wildman–Crippen LogP) is 1.94. The molecule has 1 atom stereocenters. The Bertz CT molecular complexity index is 485. The van der Waals surface area contributed by atoms with Gasteiger partial charge in [0.05, 0.1) is 19.1 Å². The normalized spacial score (nSPS) is 20.6. The van der Waals surface area contributed by atoms with Gasteiger partial charge in [-0.25, -0.2) is 8.78 Å². The third-order valence-corrected chi connectivity index (χ3v) is 3.39. The first-order valence-electron chi connectivity index (χ1n) is 6.24. The van der Waals surface area contributed by atoms with Crippen molar-refractivity contribution >= 4 is 21.8 Å². The monoisotopic (exact) mass is 348 g/mol. The van der Waals surface area contributed by atoms with E-state index in [1.165, 1.54) is 0 Å². The lowest BCUT2D eigenvalue weighted by Crippen LogP contribution is -2.41. The van der Waals surface area contributed by atoms with E-state index < -0.39 is 30.8 Å². The van der Waals surface area contributed by atoms with E-state index in [2.05, 4.69) is 26.6 Å². The van der Waals surface area contributed by atoms with Gasteiger partial charge in [-0.15, -0.1) is 0 Å². The molecule has 1 saturated heterocycles. The molecule has 1 fully saturated rings. The molecule has 1 aromatic rings. The van der Waals surface area contributed by atoms with Crippen molar-refractivity contribution in [3.05, 3.63) is 28.7 Å². The fraction of sp³-hybridized carbons (Fsp3) is 0.462. The molecule has 0 aromatic heterocycles. The topological polar surface area (TPSA) is 50.4 Å². The van der Waals surface area contributed by atoms with Gasteiger partial charge in [0.2, 0.25) is 5.91 Å². The van der Waals surface area contributed by atoms with Crippen LogP contribution in [-0.2, 0) is 4.79 Å². The van der Waals surface area contributed by atoms with Crippen molar-refractivity contribution in [3.8, 4) is 5.75 Å². The summed E-state index contributed by atoms with van der Waals surface area (Å²) in [6.07, 6.45) is -0.453. The number of ether oxygens (including phenoxy) is 1. The third kappa shape index (κ3) is 4.42. The zero-order valence-electron chi connectivity index (χ0n) is 10.7. The maximum absolute atomic E-state index is 12.9. The van der Waals surface area contributed by atoms with Crippen molar-refractivity contribution in [1.82, 2.24) is 10.6 Å². The summed E-state index contributed by atoms with van der Waals surface area (Å²) in [5.74, 6) is -2.53. The van der Waals surface area contributed by atoms with Crippen LogP contribution in [0.2, 0.25) is 0 Å². The molecule has 2 N–H and O–H groups in total. The largest absolute Gasteiger partial charge is 0.492 e. The van der Waals surface area contributed by atoms with Crippen LogP contribution in [0.15, 0.2) is 28.7 Å². The van der Waals surface area contributed by atoms with Gasteiger partial charge in [0, 0.05) is 10.9 Å². The Morgan fingerprint density at radius 2 is 2.35 bits per heavy atom. The number of halogens is 3. The van der Waals surface area contributed by atoms with E-state index in [0.29, 0.717) is 5.75 Å². The van der Waals surface area contributed by atoms with Crippen LogP contribution in [0.25, 0.3) is 0 Å². The minimum atomic E-state index is -2.80. The van der Waals surface area contributed by atoms with Gasteiger partial charge in [-0.2, -0.15) is 0 Å². The summed E-state index contributed by atoms with van der Waals surface area (Å²) in [6, 6.07) is 6.49. The molecule has 20 heavy (non-hydrogen) atoms. The van der Waals surface area contributed by atoms with Crippen molar-refractivity contribution in [2.45, 2.75) is 18.4 Å². The average molecular weight is 349 g/mol. The lowest BCUT2D eigenvalue weighted by atomic mass is 10.2. The summed E-state index contributed by atoms with van der Waals surface area (Å²) in [7, 11) is 0. The van der Waals surface area contributed by atoms with Crippen LogP contribution in [0.5, 0.6) is 5.75 Å². The number of carbonyl (C=O) groups is 1. The molecule has 1 amide bonds. The maximum Gasteiger partial charge on any atom is 0.262 e. The fourth-order valence-electron chi connectivity index (χ4n) is 1.92. The Kier molecular flexibility index (Phi) is 4.93. The van der Waals surface area contributed by atoms with Crippen molar-refractivity contribution in [2.75, 3.05) is 19.7 Å². The summed E-state index contributed by atoms with van der Waals surface area (Å²) in [5.41, 5.74) is 0. The zero-order valence-corrected chi connectivity index (χ0v) is 12.3. The van der Waals surface area contributed by atoms with Gasteiger partial charge in [-0.05, 0) is 18.2 Å². The molecule has 1 unspecified atom stereocenters. The molecule has 0 radical (unpaired) electrons. The standard InChI is InChI=1S/C13H15BrF2N2O2/c14-9-2-1-3-10(6-9)20-5-4-17-12(19)11-7-13(15,16)8-18-11/h1-3,6,11,18H,4-5,7-8H2,(H,17,19). The first-order chi connectivity index (χ1) is 9.46. The summed E-state index contributed by atoms with van der Waals surface area (Å²) in [6.45, 7) is 0.111. The van der Waals surface area contributed by atoms with Crippen LogP contribution >= 0.6 is 15.9 Å². The molecule has 2 rings (SSSR count). The SMILES string of the molecule is O=C(NCCOc1cccc(Br)c1)C1CC(F)(F)CN1. The second-order valence-electron chi connectivity index (χ2n) is 4.59. The van der Waals surface area contributed by atoms with E-state index in [4.69, 9.17) is 4.74 Å². The lowest BCUT2D eigenvalue weighted by molar-refractivity contribution is -0.123. The van der Waals surface area contributed by atoms with Crippen LogP contribution in [-0.4, -0.2) is 37.6 Å². The van der Waals surface area contributed by atoms with Crippen LogP contribution in [0.1, 0.15) is 6.42 Å². The van der Waals surface area contributed by atoms with Gasteiger partial charge in [0.1, 0.15) is 12.4 Å². The van der Waals surface area contributed by atoms with Gasteiger partial charge < -0.3 is 10.1 Å². The smallest absolute Gasteiger partial charge is 0.262 e. The molecule has 1 aliphatic heterocycles. The van der Waals surface area contributed by atoms with E-state index in [9.17, 15) is 13.6 Å². The molecule has 1 aliphatic rings. The fourth-order valence-corrected chi connectivity index (χ4v) is 2.30. The molecular weight excluding hydrogens is 334 g/mol. The minimum absolute atomic E-state index is 0.273. The Labute approximate surface area is 124 Å². The number of alkyl halides is 2. The van der Waals surface area contributed by atoms with Gasteiger partial charge in [0.25, 0.3) is 5.92 Å². The molecule has 110 valence electrons. The molecule has 0 spiro atoms. The Hall–Kier alpha value is -1.21. The highest BCUT2D eigenvalue weighted by Crippen LogP contribution is 2.25. The van der Waals surface area contributed by atoms with Crippen LogP contribution in [0, 0.1) is 0 Å². The van der Waals surface area contributed by atoms with Gasteiger partial charge in [-0.3, -0.25) is 10.1 Å². The molecule has 0 saturated carbocycles. The Balaban J connectivity index is 1.67. The molecule has 7 heteroatoms. The number of hydrogen-bond donors (Lipinski definition) is 2. The number of benzene rings is 1. The Morgan fingerprint density at radius 1 is 1.55 bits per heavy atom. The van der Waals surface area contributed by atoms with E-state index in [1.54, 1.807) is 12.1 Å². The molecule has 4 nitrogen and oxygen atoms in total. The number of hydrogen-bond acceptors (Lipinski definition) is 3. The highest BCUT2D eigenvalue weighted by molar-refractivity contribution is 9.10. The lowest BCUT2D eigenvalue weighted by Gasteiger charge is -2.12. The van der Waals surface area contributed by atoms with Crippen molar-refractivity contribution in [2.24, 2.45) is 0 Å². The zero-order chi connectivity index (χ0) is 14.6. The molecule has 1 aromatic carbocycles. The highest BCUT2D eigenvalue weighted by atomic mass is 79.9. The first kappa shape index (κ1) is 15.2. The van der Waals surface area contributed by atoms with Crippen LogP contribution < -0.4 is 15.4 Å². The summed E-state index contributed by atoms with van der Waals surface area (Å²) >= 11 is 3.32. The number of rotatable bonds is 5. The van der Waals surface area contributed by atoms with Gasteiger partial charge in [-0.1, -0.05) is 22.0 Å². The van der Waals surface area contributed by atoms with Crippen LogP contribution in [0.4, 0.5) is 8.78 Å². The van der Waals surface area contributed by atoms with E-state index in [-0.39, 0.29) is 13.2 Å². The summed E-state index contributed by atoms with van der Waals surface area (Å²) in [5, 5.41) is 5.08. The van der Waals surface area contributed by atoms with Gasteiger partial charge in [0.15, 0.2) is 0 Å². The predicted molar refractivity (Wildman–Crippen MR) is 74.0 cm³/mol. The summed E-state index contributed by atoms with van der Waals surface area (Å²) in [4.78, 5) is 11.6. The minimum Gasteiger partial charge on any atom is -0.492 e. The number of amides is 1. The average Bonchev–Trinajstić information content (AvgIpc) is 2.75. The van der Waals surface area contributed by atoms with Crippen molar-refractivity contribution < 1.29 is 18.3 Å². The number of nitrogens with one attached hydrogen (secondary N) is 2. The van der Waals surface area contributed by atoms with Crippen molar-refractivity contribution in [3.63, 3.8) is 0 Å². The van der Waals surface area contributed by atoms with E-state index in [0.717, 1.165) is 4.47 Å². The summed E-state index contributed by atoms with van der Waals surface area (Å²) < 4.78 is 32.2. The van der Waals surface area contributed by atoms with E-state index in [1.807, 2.05) is 12.1 Å². The van der Waals surface area contributed by atoms with Crippen LogP contribution in [0.3, 0.4) is 0 Å². The van der Waals surface area contributed by atoms with E-state index >= 15 is 0 Å². The highest BCUT2D eigenvalue weighted by Gasteiger charge is 2.42. The van der Waals surface area contributed by atoms with Crippen molar-refractivity contribution in [1.29, 1.82) is 0 Å². The first-order valence-corrected chi connectivity index (χ1v) is 7.03. The second kappa shape index (κ2) is 6.49. The number of carbonyl (C=O) groups excluding carboxylic acids is 1. The molecule has 1 heterocycles. The molecular formula is C13H15BrF2N2O2. The second-order valence-corrected chi connectivity index (χ2v) is 5.51. The molecule has 0 bridgehead atoms. The maximum atomic E-state index is 12.9. The Morgan fingerprint density at radius 3 is 3.00 bits per heavy atom. The molecule has 0 aliphatic carbocycles. The quantitative estimate of drug-likeness (QED) is 0.799.